The molecule has 0 fully saturated rings. The summed E-state index contributed by atoms with van der Waals surface area (Å²) in [5.74, 6) is 0.341. The van der Waals surface area contributed by atoms with E-state index >= 15 is 0 Å². The van der Waals surface area contributed by atoms with E-state index in [1.165, 1.54) is 0 Å². The first-order valence-corrected chi connectivity index (χ1v) is 8.16. The first kappa shape index (κ1) is 17.7. The molecule has 0 unspecified atom stereocenters. The van der Waals surface area contributed by atoms with Crippen molar-refractivity contribution in [2.75, 3.05) is 6.61 Å². The summed E-state index contributed by atoms with van der Waals surface area (Å²) in [6.07, 6.45) is 12.7. The Morgan fingerprint density at radius 1 is 1.05 bits per heavy atom. The topological polar surface area (TPSA) is 43.4 Å². The fourth-order valence-corrected chi connectivity index (χ4v) is 2.39. The zero-order valence-electron chi connectivity index (χ0n) is 13.4. The van der Waals surface area contributed by atoms with Crippen molar-refractivity contribution in [1.29, 1.82) is 0 Å². The molecule has 0 spiro atoms. The summed E-state index contributed by atoms with van der Waals surface area (Å²) in [5, 5.41) is 0. The second-order valence-electron chi connectivity index (χ2n) is 5.83. The van der Waals surface area contributed by atoms with Crippen molar-refractivity contribution in [2.45, 2.75) is 65.2 Å². The number of ketones is 1. The molecule has 21 heavy (non-hydrogen) atoms. The Hall–Kier alpha value is -1.38. The minimum Gasteiger partial charge on any atom is -0.465 e. The Morgan fingerprint density at radius 3 is 2.43 bits per heavy atom. The highest BCUT2D eigenvalue weighted by Gasteiger charge is 2.09. The number of carbonyl (C=O) groups is 2. The highest BCUT2D eigenvalue weighted by Crippen LogP contribution is 2.13. The highest BCUT2D eigenvalue weighted by atomic mass is 16.5. The van der Waals surface area contributed by atoms with Gasteiger partial charge < -0.3 is 4.74 Å². The number of hydrogen-bond acceptors (Lipinski definition) is 3. The maximum atomic E-state index is 11.7. The molecule has 3 nitrogen and oxygen atoms in total. The number of hydrogen-bond donors (Lipinski definition) is 0. The molecule has 0 saturated carbocycles. The predicted molar refractivity (Wildman–Crippen MR) is 85.0 cm³/mol. The average Bonchev–Trinajstić information content (AvgIpc) is 2.47. The van der Waals surface area contributed by atoms with E-state index in [-0.39, 0.29) is 17.7 Å². The minimum absolute atomic E-state index is 0.0858. The van der Waals surface area contributed by atoms with Gasteiger partial charge in [0.1, 0.15) is 0 Å². The molecule has 1 atom stereocenters. The van der Waals surface area contributed by atoms with Crippen LogP contribution in [0.15, 0.2) is 23.8 Å². The van der Waals surface area contributed by atoms with Gasteiger partial charge in [0.2, 0.25) is 0 Å². The number of ether oxygens (including phenoxy) is 1. The first-order chi connectivity index (χ1) is 10.1. The van der Waals surface area contributed by atoms with Gasteiger partial charge in [-0.3, -0.25) is 9.59 Å². The Kier molecular flexibility index (Phi) is 8.72. The second kappa shape index (κ2) is 10.4. The van der Waals surface area contributed by atoms with Gasteiger partial charge in [-0.05, 0) is 32.3 Å². The average molecular weight is 292 g/mol. The first-order valence-electron chi connectivity index (χ1n) is 8.16. The third-order valence-electron chi connectivity index (χ3n) is 3.82. The van der Waals surface area contributed by atoms with Gasteiger partial charge in [0.25, 0.3) is 0 Å². The summed E-state index contributed by atoms with van der Waals surface area (Å²) < 4.78 is 5.34. The zero-order chi connectivity index (χ0) is 15.5. The Balaban J connectivity index is 2.66. The summed E-state index contributed by atoms with van der Waals surface area (Å²) >= 11 is 0. The third kappa shape index (κ3) is 8.49. The molecule has 0 aromatic carbocycles. The van der Waals surface area contributed by atoms with E-state index in [4.69, 9.17) is 4.74 Å². The molecule has 1 rings (SSSR count). The van der Waals surface area contributed by atoms with Crippen molar-refractivity contribution in [3.63, 3.8) is 0 Å². The molecule has 0 aromatic heterocycles. The van der Waals surface area contributed by atoms with E-state index in [0.29, 0.717) is 19.4 Å². The van der Waals surface area contributed by atoms with E-state index in [2.05, 4.69) is 13.0 Å². The summed E-state index contributed by atoms with van der Waals surface area (Å²) in [7, 11) is 0. The third-order valence-corrected chi connectivity index (χ3v) is 3.82. The zero-order valence-corrected chi connectivity index (χ0v) is 13.4. The van der Waals surface area contributed by atoms with Crippen molar-refractivity contribution < 1.29 is 14.3 Å². The van der Waals surface area contributed by atoms with Crippen molar-refractivity contribution in [3.8, 4) is 0 Å². The maximum Gasteiger partial charge on any atom is 0.305 e. The van der Waals surface area contributed by atoms with Gasteiger partial charge in [0, 0.05) is 18.8 Å². The van der Waals surface area contributed by atoms with Crippen LogP contribution in [0.2, 0.25) is 0 Å². The van der Waals surface area contributed by atoms with Crippen LogP contribution in [-0.4, -0.2) is 18.4 Å². The van der Waals surface area contributed by atoms with Gasteiger partial charge in [0.15, 0.2) is 5.78 Å². The number of cyclic esters (lactones) is 1. The van der Waals surface area contributed by atoms with Crippen molar-refractivity contribution in [2.24, 2.45) is 5.92 Å². The molecule has 0 aliphatic carbocycles. The number of carbonyl (C=O) groups excluding carboxylic acids is 2. The Labute approximate surface area is 128 Å². The van der Waals surface area contributed by atoms with E-state index < -0.39 is 0 Å². The molecule has 1 aliphatic heterocycles. The van der Waals surface area contributed by atoms with Crippen LogP contribution in [0.4, 0.5) is 0 Å². The molecule has 0 amide bonds. The molecular weight excluding hydrogens is 264 g/mol. The minimum atomic E-state index is -0.0858. The Morgan fingerprint density at radius 2 is 1.71 bits per heavy atom. The van der Waals surface area contributed by atoms with Crippen LogP contribution in [0.25, 0.3) is 0 Å². The fourth-order valence-electron chi connectivity index (χ4n) is 2.39. The molecule has 118 valence electrons. The van der Waals surface area contributed by atoms with E-state index in [9.17, 15) is 9.59 Å². The molecule has 3 heteroatoms. The van der Waals surface area contributed by atoms with Crippen molar-refractivity contribution in [1.82, 2.24) is 0 Å². The maximum absolute atomic E-state index is 11.7. The lowest BCUT2D eigenvalue weighted by Crippen LogP contribution is -2.12. The molecule has 0 N–H and O–H groups in total. The van der Waals surface area contributed by atoms with Gasteiger partial charge in [-0.2, -0.15) is 0 Å². The SMILES string of the molecule is CC[C@H]1/C=C(C)/C=C/C(=O)CCCCCCCC(=O)OC1. The van der Waals surface area contributed by atoms with Gasteiger partial charge in [-0.25, -0.2) is 0 Å². The molecule has 1 aliphatic rings. The summed E-state index contributed by atoms with van der Waals surface area (Å²) in [6.45, 7) is 4.50. The highest BCUT2D eigenvalue weighted by molar-refractivity contribution is 5.89. The molecule has 0 saturated heterocycles. The van der Waals surface area contributed by atoms with Crippen LogP contribution in [-0.2, 0) is 14.3 Å². The Bertz CT molecular complexity index is 393. The summed E-state index contributed by atoms with van der Waals surface area (Å²) in [5.41, 5.74) is 1.05. The largest absolute Gasteiger partial charge is 0.465 e. The molecule has 0 radical (unpaired) electrons. The lowest BCUT2D eigenvalue weighted by Gasteiger charge is -2.12. The monoisotopic (exact) mass is 292 g/mol. The van der Waals surface area contributed by atoms with E-state index in [1.54, 1.807) is 6.08 Å². The van der Waals surface area contributed by atoms with Crippen LogP contribution in [0.5, 0.6) is 0 Å². The number of rotatable bonds is 1. The standard InChI is InChI=1S/C18H28O3/c1-3-16-13-15(2)11-12-17(19)9-7-5-4-6-8-10-18(20)21-14-16/h11-13,16H,3-10,14H2,1-2H3/b12-11+,15-13+/t16-/m0/s1. The molecule has 0 aromatic rings. The molecular formula is C18H28O3. The predicted octanol–water partition coefficient (Wildman–Crippen LogP) is 4.37. The van der Waals surface area contributed by atoms with Crippen molar-refractivity contribution >= 4 is 11.8 Å². The van der Waals surface area contributed by atoms with Gasteiger partial charge in [-0.15, -0.1) is 0 Å². The van der Waals surface area contributed by atoms with Gasteiger partial charge in [0.05, 0.1) is 6.61 Å². The van der Waals surface area contributed by atoms with Crippen LogP contribution < -0.4 is 0 Å². The van der Waals surface area contributed by atoms with Crippen LogP contribution >= 0.6 is 0 Å². The lowest BCUT2D eigenvalue weighted by atomic mass is 10.0. The van der Waals surface area contributed by atoms with E-state index in [0.717, 1.165) is 44.1 Å². The second-order valence-corrected chi connectivity index (χ2v) is 5.83. The van der Waals surface area contributed by atoms with Gasteiger partial charge in [-0.1, -0.05) is 43.9 Å². The quantitative estimate of drug-likeness (QED) is 0.674. The number of allylic oxidation sites excluding steroid dienone is 3. The lowest BCUT2D eigenvalue weighted by molar-refractivity contribution is -0.144. The molecule has 0 bridgehead atoms. The van der Waals surface area contributed by atoms with Crippen LogP contribution in [0.3, 0.4) is 0 Å². The fraction of sp³-hybridized carbons (Fsp3) is 0.667. The van der Waals surface area contributed by atoms with Crippen molar-refractivity contribution in [3.05, 3.63) is 23.8 Å². The van der Waals surface area contributed by atoms with Crippen LogP contribution in [0, 0.1) is 5.92 Å². The summed E-state index contributed by atoms with van der Waals surface area (Å²) in [6, 6.07) is 0. The molecule has 1 heterocycles. The van der Waals surface area contributed by atoms with Gasteiger partial charge >= 0.3 is 5.97 Å². The van der Waals surface area contributed by atoms with Crippen LogP contribution in [0.1, 0.15) is 65.2 Å². The number of esters is 1. The normalized spacial score (nSPS) is 27.5. The van der Waals surface area contributed by atoms with E-state index in [1.807, 2.05) is 13.0 Å². The summed E-state index contributed by atoms with van der Waals surface area (Å²) in [4.78, 5) is 23.4. The smallest absolute Gasteiger partial charge is 0.305 e.